The molecule has 1 aromatic rings. The average Bonchev–Trinajstić information content (AvgIpc) is 3.03. The molecule has 1 N–H and O–H groups in total. The summed E-state index contributed by atoms with van der Waals surface area (Å²) in [5.74, 6) is -1.06. The Balaban J connectivity index is 1.77. The number of hydrogen-bond donors (Lipinski definition) is 1. The van der Waals surface area contributed by atoms with Crippen LogP contribution in [0.25, 0.3) is 5.57 Å². The van der Waals surface area contributed by atoms with Gasteiger partial charge in [-0.2, -0.15) is 0 Å². The summed E-state index contributed by atoms with van der Waals surface area (Å²) in [5.41, 5.74) is 2.10. The van der Waals surface area contributed by atoms with E-state index in [0.717, 1.165) is 11.1 Å². The van der Waals surface area contributed by atoms with Crippen molar-refractivity contribution in [2.24, 2.45) is 11.8 Å². The van der Waals surface area contributed by atoms with Gasteiger partial charge in [-0.1, -0.05) is 30.3 Å². The summed E-state index contributed by atoms with van der Waals surface area (Å²) in [6.07, 6.45) is 1.47. The van der Waals surface area contributed by atoms with Crippen LogP contribution in [0.3, 0.4) is 0 Å². The number of nitrogens with one attached hydrogen (secondary N) is 1. The monoisotopic (exact) mass is 241 g/mol. The molecule has 3 aliphatic heterocycles. The van der Waals surface area contributed by atoms with Crippen LogP contribution in [0.4, 0.5) is 0 Å². The molecule has 4 unspecified atom stereocenters. The van der Waals surface area contributed by atoms with Crippen LogP contribution < -0.4 is 5.32 Å². The third-order valence-corrected chi connectivity index (χ3v) is 3.98. The van der Waals surface area contributed by atoms with Gasteiger partial charge in [0.25, 0.3) is 0 Å². The fourth-order valence-corrected chi connectivity index (χ4v) is 3.20. The topological polar surface area (TPSA) is 55.4 Å². The largest absolute Gasteiger partial charge is 0.364 e. The van der Waals surface area contributed by atoms with Gasteiger partial charge in [0.15, 0.2) is 0 Å². The summed E-state index contributed by atoms with van der Waals surface area (Å²) in [5, 5.41) is 2.40. The van der Waals surface area contributed by atoms with E-state index in [2.05, 4.69) is 5.32 Å². The van der Waals surface area contributed by atoms with Crippen LogP contribution in [0.15, 0.2) is 36.4 Å². The first-order valence-corrected chi connectivity index (χ1v) is 6.03. The molecule has 18 heavy (non-hydrogen) atoms. The molecule has 2 bridgehead atoms. The fourth-order valence-electron chi connectivity index (χ4n) is 3.20. The minimum atomic E-state index is -0.345. The summed E-state index contributed by atoms with van der Waals surface area (Å²) in [7, 11) is 0. The van der Waals surface area contributed by atoms with Crippen molar-refractivity contribution in [2.45, 2.75) is 12.2 Å². The van der Waals surface area contributed by atoms with Gasteiger partial charge in [0.1, 0.15) is 0 Å². The Morgan fingerprint density at radius 2 is 1.72 bits per heavy atom. The van der Waals surface area contributed by atoms with Gasteiger partial charge >= 0.3 is 0 Å². The van der Waals surface area contributed by atoms with Gasteiger partial charge in [0.05, 0.1) is 24.0 Å². The minimum Gasteiger partial charge on any atom is -0.364 e. The average molecular weight is 241 g/mol. The van der Waals surface area contributed by atoms with E-state index in [1.807, 2.05) is 36.4 Å². The molecule has 0 spiro atoms. The Hall–Kier alpha value is -1.94. The molecular weight excluding hydrogens is 230 g/mol. The van der Waals surface area contributed by atoms with Gasteiger partial charge < -0.3 is 4.74 Å². The normalized spacial score (nSPS) is 36.6. The third kappa shape index (κ3) is 1.13. The van der Waals surface area contributed by atoms with Gasteiger partial charge in [-0.25, -0.2) is 0 Å². The van der Waals surface area contributed by atoms with E-state index in [-0.39, 0.29) is 35.9 Å². The molecule has 2 amide bonds. The highest BCUT2D eigenvalue weighted by Crippen LogP contribution is 2.48. The van der Waals surface area contributed by atoms with Crippen LogP contribution in [-0.2, 0) is 14.3 Å². The van der Waals surface area contributed by atoms with Crippen LogP contribution in [0.1, 0.15) is 5.56 Å². The van der Waals surface area contributed by atoms with Gasteiger partial charge in [0, 0.05) is 0 Å². The van der Waals surface area contributed by atoms with Gasteiger partial charge in [-0.15, -0.1) is 0 Å². The number of imide groups is 1. The van der Waals surface area contributed by atoms with Crippen molar-refractivity contribution in [3.63, 3.8) is 0 Å². The summed E-state index contributed by atoms with van der Waals surface area (Å²) < 4.78 is 5.77. The third-order valence-electron chi connectivity index (χ3n) is 3.98. The highest BCUT2D eigenvalue weighted by atomic mass is 16.5. The maximum atomic E-state index is 11.8. The van der Waals surface area contributed by atoms with Crippen molar-refractivity contribution in [3.05, 3.63) is 42.0 Å². The van der Waals surface area contributed by atoms with Gasteiger partial charge in [0.2, 0.25) is 11.8 Å². The van der Waals surface area contributed by atoms with Gasteiger partial charge in [-0.3, -0.25) is 14.9 Å². The number of fused-ring (bicyclic) bond motifs is 5. The molecule has 4 rings (SSSR count). The second-order valence-electron chi connectivity index (χ2n) is 4.91. The van der Waals surface area contributed by atoms with Crippen molar-refractivity contribution < 1.29 is 14.3 Å². The predicted octanol–water partition coefficient (Wildman–Crippen LogP) is 0.740. The summed E-state index contributed by atoms with van der Waals surface area (Å²) in [6, 6.07) is 9.87. The lowest BCUT2D eigenvalue weighted by atomic mass is 9.79. The molecule has 0 radical (unpaired) electrons. The lowest BCUT2D eigenvalue weighted by Crippen LogP contribution is -2.29. The summed E-state index contributed by atoms with van der Waals surface area (Å²) in [6.45, 7) is 0. The molecule has 2 saturated heterocycles. The molecule has 4 atom stereocenters. The molecule has 0 aromatic heterocycles. The number of hydrogen-bond acceptors (Lipinski definition) is 3. The van der Waals surface area contributed by atoms with E-state index in [4.69, 9.17) is 4.74 Å². The molecule has 0 saturated carbocycles. The smallest absolute Gasteiger partial charge is 0.233 e. The van der Waals surface area contributed by atoms with Crippen molar-refractivity contribution in [1.29, 1.82) is 0 Å². The first-order chi connectivity index (χ1) is 8.75. The molecule has 2 fully saturated rings. The van der Waals surface area contributed by atoms with E-state index < -0.39 is 0 Å². The zero-order chi connectivity index (χ0) is 12.3. The second-order valence-corrected chi connectivity index (χ2v) is 4.91. The lowest BCUT2D eigenvalue weighted by Gasteiger charge is -2.18. The van der Waals surface area contributed by atoms with E-state index in [1.165, 1.54) is 0 Å². The van der Waals surface area contributed by atoms with Crippen LogP contribution >= 0.6 is 0 Å². The Morgan fingerprint density at radius 1 is 1.00 bits per heavy atom. The van der Waals surface area contributed by atoms with E-state index >= 15 is 0 Å². The van der Waals surface area contributed by atoms with E-state index in [1.54, 1.807) is 0 Å². The highest BCUT2D eigenvalue weighted by Gasteiger charge is 2.59. The Morgan fingerprint density at radius 3 is 2.50 bits per heavy atom. The van der Waals surface area contributed by atoms with Crippen LogP contribution in [0.5, 0.6) is 0 Å². The molecular formula is C14H11NO3. The number of amides is 2. The zero-order valence-corrected chi connectivity index (χ0v) is 9.50. The molecule has 4 nitrogen and oxygen atoms in total. The molecule has 0 aliphatic carbocycles. The van der Waals surface area contributed by atoms with Crippen molar-refractivity contribution in [3.8, 4) is 0 Å². The van der Waals surface area contributed by atoms with Crippen molar-refractivity contribution >= 4 is 17.4 Å². The Labute approximate surface area is 104 Å². The van der Waals surface area contributed by atoms with Crippen molar-refractivity contribution in [1.82, 2.24) is 5.32 Å². The zero-order valence-electron chi connectivity index (χ0n) is 9.50. The molecule has 1 aromatic carbocycles. The standard InChI is InChI=1S/C14H11NO3/c16-13-10-9-6-8(7-4-2-1-3-5-7)12(18-9)11(10)14(17)15-13/h1-6,9-12H,(H,15,16,17). The fraction of sp³-hybridized carbons (Fsp3) is 0.286. The molecule has 4 heteroatoms. The quantitative estimate of drug-likeness (QED) is 0.738. The first kappa shape index (κ1) is 10.0. The Kier molecular flexibility index (Phi) is 1.84. The summed E-state index contributed by atoms with van der Waals surface area (Å²) in [4.78, 5) is 23.5. The summed E-state index contributed by atoms with van der Waals surface area (Å²) >= 11 is 0. The van der Waals surface area contributed by atoms with Crippen molar-refractivity contribution in [2.75, 3.05) is 0 Å². The first-order valence-electron chi connectivity index (χ1n) is 6.03. The van der Waals surface area contributed by atoms with Crippen LogP contribution in [0.2, 0.25) is 0 Å². The number of carbonyl (C=O) groups excluding carboxylic acids is 2. The number of rotatable bonds is 1. The Bertz CT molecular complexity index is 578. The SMILES string of the molecule is O=C1NC(=O)C2C3OC(C=C3c3ccccc3)C12. The van der Waals surface area contributed by atoms with Crippen LogP contribution in [-0.4, -0.2) is 24.0 Å². The van der Waals surface area contributed by atoms with E-state index in [9.17, 15) is 9.59 Å². The van der Waals surface area contributed by atoms with Crippen LogP contribution in [0, 0.1) is 11.8 Å². The lowest BCUT2D eigenvalue weighted by molar-refractivity contribution is -0.128. The molecule has 3 aliphatic rings. The number of benzene rings is 1. The van der Waals surface area contributed by atoms with E-state index in [0.29, 0.717) is 0 Å². The molecule has 3 heterocycles. The number of ether oxygens (including phenoxy) is 1. The second kappa shape index (κ2) is 3.29. The predicted molar refractivity (Wildman–Crippen MR) is 63.2 cm³/mol. The maximum absolute atomic E-state index is 11.8. The van der Waals surface area contributed by atoms with Gasteiger partial charge in [-0.05, 0) is 17.2 Å². The minimum absolute atomic E-state index is 0.194. The maximum Gasteiger partial charge on any atom is 0.233 e. The number of carbonyl (C=O) groups is 2. The highest BCUT2D eigenvalue weighted by molar-refractivity contribution is 6.08. The molecule has 90 valence electrons.